The molecule has 1 aliphatic rings. The van der Waals surface area contributed by atoms with Crippen molar-refractivity contribution in [3.05, 3.63) is 32.9 Å². The van der Waals surface area contributed by atoms with Crippen LogP contribution in [0.5, 0.6) is 0 Å². The van der Waals surface area contributed by atoms with Gasteiger partial charge in [0.25, 0.3) is 5.56 Å². The highest BCUT2D eigenvalue weighted by Gasteiger charge is 2.51. The van der Waals surface area contributed by atoms with Crippen LogP contribution in [0, 0.1) is 5.82 Å². The first kappa shape index (κ1) is 20.3. The van der Waals surface area contributed by atoms with Gasteiger partial charge in [-0.2, -0.15) is 4.39 Å². The van der Waals surface area contributed by atoms with Crippen molar-refractivity contribution < 1.29 is 37.7 Å². The highest BCUT2D eigenvalue weighted by atomic mass is 19.1. The van der Waals surface area contributed by atoms with Crippen molar-refractivity contribution in [2.75, 3.05) is 6.61 Å². The number of aromatic amines is 1. The van der Waals surface area contributed by atoms with E-state index in [9.17, 15) is 28.4 Å². The predicted octanol–water partition coefficient (Wildman–Crippen LogP) is -1.00. The molecule has 12 heteroatoms. The highest BCUT2D eigenvalue weighted by Crippen LogP contribution is 2.33. The number of ether oxygens (including phenoxy) is 4. The first-order valence-electron chi connectivity index (χ1n) is 7.74. The summed E-state index contributed by atoms with van der Waals surface area (Å²) < 4.78 is 34.9. The highest BCUT2D eigenvalue weighted by molar-refractivity contribution is 5.67. The van der Waals surface area contributed by atoms with Crippen LogP contribution < -0.4 is 11.2 Å². The average molecular weight is 388 g/mol. The number of hydrogen-bond donors (Lipinski definition) is 1. The van der Waals surface area contributed by atoms with E-state index in [1.807, 2.05) is 0 Å². The molecule has 1 N–H and O–H groups in total. The second-order valence-corrected chi connectivity index (χ2v) is 5.66. The van der Waals surface area contributed by atoms with E-state index in [4.69, 9.17) is 18.9 Å². The van der Waals surface area contributed by atoms with Gasteiger partial charge in [0.1, 0.15) is 12.7 Å². The minimum atomic E-state index is -1.45. The largest absolute Gasteiger partial charge is 0.463 e. The first-order chi connectivity index (χ1) is 12.6. The van der Waals surface area contributed by atoms with E-state index in [1.165, 1.54) is 0 Å². The molecule has 1 fully saturated rings. The molecular weight excluding hydrogens is 371 g/mol. The summed E-state index contributed by atoms with van der Waals surface area (Å²) in [6.45, 7) is 2.91. The molecule has 0 spiro atoms. The lowest BCUT2D eigenvalue weighted by atomic mass is 10.1. The fraction of sp³-hybridized carbons (Fsp3) is 0.533. The van der Waals surface area contributed by atoms with E-state index in [1.54, 1.807) is 4.98 Å². The molecule has 1 aromatic rings. The molecule has 148 valence electrons. The lowest BCUT2D eigenvalue weighted by Crippen LogP contribution is -2.42. The number of nitrogens with one attached hydrogen (secondary N) is 1. The number of nitrogens with zero attached hydrogens (tertiary/aromatic N) is 1. The monoisotopic (exact) mass is 388 g/mol. The van der Waals surface area contributed by atoms with Crippen LogP contribution >= 0.6 is 0 Å². The number of H-pyrrole nitrogens is 1. The van der Waals surface area contributed by atoms with Crippen molar-refractivity contribution in [2.24, 2.45) is 0 Å². The number of rotatable bonds is 5. The van der Waals surface area contributed by atoms with Crippen molar-refractivity contribution in [1.29, 1.82) is 0 Å². The van der Waals surface area contributed by atoms with Gasteiger partial charge in [0.2, 0.25) is 5.82 Å². The molecule has 0 radical (unpaired) electrons. The van der Waals surface area contributed by atoms with E-state index in [0.717, 1.165) is 20.8 Å². The molecule has 0 amide bonds. The van der Waals surface area contributed by atoms with Gasteiger partial charge in [-0.1, -0.05) is 0 Å². The summed E-state index contributed by atoms with van der Waals surface area (Å²) in [6.07, 6.45) is -4.61. The van der Waals surface area contributed by atoms with E-state index in [-0.39, 0.29) is 6.61 Å². The lowest BCUT2D eigenvalue weighted by Gasteiger charge is -2.23. The Kier molecular flexibility index (Phi) is 6.10. The number of aromatic nitrogens is 2. The molecular formula is C15H17FN2O9. The number of carbonyl (C=O) groups is 3. The Morgan fingerprint density at radius 2 is 1.70 bits per heavy atom. The molecule has 1 saturated heterocycles. The summed E-state index contributed by atoms with van der Waals surface area (Å²) in [6, 6.07) is 0. The van der Waals surface area contributed by atoms with Gasteiger partial charge in [0.15, 0.2) is 18.4 Å². The first-order valence-corrected chi connectivity index (χ1v) is 7.74. The lowest BCUT2D eigenvalue weighted by molar-refractivity contribution is -0.166. The molecule has 0 unspecified atom stereocenters. The Balaban J connectivity index is 2.47. The third kappa shape index (κ3) is 4.78. The van der Waals surface area contributed by atoms with Crippen molar-refractivity contribution in [2.45, 2.75) is 45.3 Å². The van der Waals surface area contributed by atoms with Crippen molar-refractivity contribution in [3.63, 3.8) is 0 Å². The summed E-state index contributed by atoms with van der Waals surface area (Å²) >= 11 is 0. The van der Waals surface area contributed by atoms with Gasteiger partial charge in [-0.3, -0.25) is 28.7 Å². The number of hydrogen-bond acceptors (Lipinski definition) is 9. The molecule has 27 heavy (non-hydrogen) atoms. The Labute approximate surface area is 151 Å². The third-order valence-electron chi connectivity index (χ3n) is 3.54. The standard InChI is InChI=1S/C15H17FN2O9/c1-6(19)24-5-10-11(25-7(2)20)12(26-8(3)21)14(27-10)18-4-9(16)13(22)17-15(18)23/h4,10-12,14H,5H2,1-3H3,(H,17,22,23)/t10-,11-,12+,14-/m1/s1. The summed E-state index contributed by atoms with van der Waals surface area (Å²) in [5.41, 5.74) is -2.29. The van der Waals surface area contributed by atoms with E-state index >= 15 is 0 Å². The average Bonchev–Trinajstić information content (AvgIpc) is 2.85. The molecule has 1 aromatic heterocycles. The van der Waals surface area contributed by atoms with Crippen LogP contribution in [-0.4, -0.2) is 52.4 Å². The summed E-state index contributed by atoms with van der Waals surface area (Å²) in [4.78, 5) is 58.9. The second-order valence-electron chi connectivity index (χ2n) is 5.66. The second kappa shape index (κ2) is 8.12. The maximum Gasteiger partial charge on any atom is 0.330 e. The molecule has 2 heterocycles. The molecule has 0 aliphatic carbocycles. The molecule has 4 atom stereocenters. The van der Waals surface area contributed by atoms with Gasteiger partial charge in [-0.05, 0) is 0 Å². The Morgan fingerprint density at radius 3 is 2.26 bits per heavy atom. The Morgan fingerprint density at radius 1 is 1.11 bits per heavy atom. The predicted molar refractivity (Wildman–Crippen MR) is 82.9 cm³/mol. The molecule has 0 aromatic carbocycles. The van der Waals surface area contributed by atoms with E-state index in [2.05, 4.69) is 0 Å². The SMILES string of the molecule is CC(=O)OC[C@H]1O[C@@H](n2cc(F)c(=O)[nH]c2=O)[C@@H](OC(C)=O)[C@@H]1OC(C)=O. The normalized spacial score (nSPS) is 24.3. The zero-order valence-electron chi connectivity index (χ0n) is 14.6. The fourth-order valence-corrected chi connectivity index (χ4v) is 2.57. The minimum absolute atomic E-state index is 0.387. The topological polar surface area (TPSA) is 143 Å². The van der Waals surface area contributed by atoms with Gasteiger partial charge >= 0.3 is 23.6 Å². The van der Waals surface area contributed by atoms with Gasteiger partial charge < -0.3 is 18.9 Å². The van der Waals surface area contributed by atoms with Gasteiger partial charge in [-0.25, -0.2) is 4.79 Å². The third-order valence-corrected chi connectivity index (χ3v) is 3.54. The van der Waals surface area contributed by atoms with Gasteiger partial charge in [0, 0.05) is 20.8 Å². The Bertz CT molecular complexity index is 862. The Hall–Kier alpha value is -3.02. The van der Waals surface area contributed by atoms with E-state index in [0.29, 0.717) is 10.8 Å². The van der Waals surface area contributed by atoms with Gasteiger partial charge in [0.05, 0.1) is 6.20 Å². The minimum Gasteiger partial charge on any atom is -0.463 e. The van der Waals surface area contributed by atoms with Crippen molar-refractivity contribution in [1.82, 2.24) is 9.55 Å². The smallest absolute Gasteiger partial charge is 0.330 e. The van der Waals surface area contributed by atoms with Crippen LogP contribution in [-0.2, 0) is 33.3 Å². The summed E-state index contributed by atoms with van der Waals surface area (Å²) in [5, 5.41) is 0. The van der Waals surface area contributed by atoms with E-state index < -0.39 is 59.5 Å². The van der Waals surface area contributed by atoms with Crippen LogP contribution in [0.15, 0.2) is 15.8 Å². The molecule has 1 aliphatic heterocycles. The maximum atomic E-state index is 13.6. The fourth-order valence-electron chi connectivity index (χ4n) is 2.57. The maximum absolute atomic E-state index is 13.6. The number of esters is 3. The van der Waals surface area contributed by atoms with Crippen molar-refractivity contribution in [3.8, 4) is 0 Å². The summed E-state index contributed by atoms with van der Waals surface area (Å²) in [5.74, 6) is -3.49. The number of carbonyl (C=O) groups excluding carboxylic acids is 3. The zero-order chi connectivity index (χ0) is 20.3. The van der Waals surface area contributed by atoms with Crippen molar-refractivity contribution >= 4 is 17.9 Å². The number of halogens is 1. The van der Waals surface area contributed by atoms with Crippen LogP contribution in [0.25, 0.3) is 0 Å². The molecule has 0 bridgehead atoms. The van der Waals surface area contributed by atoms with Crippen LogP contribution in [0.2, 0.25) is 0 Å². The van der Waals surface area contributed by atoms with Crippen LogP contribution in [0.4, 0.5) is 4.39 Å². The summed E-state index contributed by atoms with van der Waals surface area (Å²) in [7, 11) is 0. The van der Waals surface area contributed by atoms with Crippen LogP contribution in [0.3, 0.4) is 0 Å². The van der Waals surface area contributed by atoms with Crippen LogP contribution in [0.1, 0.15) is 27.0 Å². The molecule has 11 nitrogen and oxygen atoms in total. The molecule has 0 saturated carbocycles. The van der Waals surface area contributed by atoms with Gasteiger partial charge in [-0.15, -0.1) is 0 Å². The molecule has 2 rings (SSSR count). The quantitative estimate of drug-likeness (QED) is 0.496. The zero-order valence-corrected chi connectivity index (χ0v) is 14.6.